The fourth-order valence-corrected chi connectivity index (χ4v) is 2.66. The molecule has 2 aromatic rings. The largest absolute Gasteiger partial charge is 0.469 e. The van der Waals surface area contributed by atoms with E-state index in [1.54, 1.807) is 12.1 Å². The summed E-state index contributed by atoms with van der Waals surface area (Å²) in [6.45, 7) is 1.83. The lowest BCUT2D eigenvalue weighted by Crippen LogP contribution is -2.28. The summed E-state index contributed by atoms with van der Waals surface area (Å²) >= 11 is 1.48. The van der Waals surface area contributed by atoms with Crippen molar-refractivity contribution in [1.29, 1.82) is 0 Å². The third-order valence-electron chi connectivity index (χ3n) is 2.96. The Balaban J connectivity index is 2.01. The highest BCUT2D eigenvalue weighted by Crippen LogP contribution is 2.22. The van der Waals surface area contributed by atoms with Crippen molar-refractivity contribution in [2.45, 2.75) is 19.4 Å². The van der Waals surface area contributed by atoms with E-state index in [1.165, 1.54) is 24.5 Å². The highest BCUT2D eigenvalue weighted by molar-refractivity contribution is 7.10. The number of thiophene rings is 1. The molecule has 0 bridgehead atoms. The molecule has 116 valence electrons. The average Bonchev–Trinajstić information content (AvgIpc) is 3.15. The van der Waals surface area contributed by atoms with Crippen molar-refractivity contribution in [2.24, 2.45) is 0 Å². The summed E-state index contributed by atoms with van der Waals surface area (Å²) < 4.78 is 10.0. The zero-order valence-corrected chi connectivity index (χ0v) is 13.2. The molecule has 1 unspecified atom stereocenters. The molecule has 1 atom stereocenters. The van der Waals surface area contributed by atoms with Crippen LogP contribution in [0.5, 0.6) is 0 Å². The molecule has 2 heterocycles. The molecule has 0 saturated carbocycles. The number of ether oxygens (including phenoxy) is 1. The minimum Gasteiger partial charge on any atom is -0.469 e. The molecule has 0 spiro atoms. The summed E-state index contributed by atoms with van der Waals surface area (Å²) in [6.07, 6.45) is 3.07. The van der Waals surface area contributed by atoms with E-state index >= 15 is 0 Å². The summed E-state index contributed by atoms with van der Waals surface area (Å²) in [5.41, 5.74) is 0. The van der Waals surface area contributed by atoms with Gasteiger partial charge < -0.3 is 14.5 Å². The van der Waals surface area contributed by atoms with Gasteiger partial charge in [0, 0.05) is 11.0 Å². The Morgan fingerprint density at radius 3 is 2.82 bits per heavy atom. The van der Waals surface area contributed by atoms with Gasteiger partial charge in [-0.05, 0) is 36.6 Å². The number of esters is 1. The minimum absolute atomic E-state index is 0.0937. The van der Waals surface area contributed by atoms with Crippen LogP contribution in [0.15, 0.2) is 40.1 Å². The number of hydrogen-bond donors (Lipinski definition) is 1. The summed E-state index contributed by atoms with van der Waals surface area (Å²) in [5, 5.41) is 4.70. The van der Waals surface area contributed by atoms with Gasteiger partial charge in [0.1, 0.15) is 11.5 Å². The van der Waals surface area contributed by atoms with E-state index in [0.29, 0.717) is 5.76 Å². The predicted molar refractivity (Wildman–Crippen MR) is 84.3 cm³/mol. The summed E-state index contributed by atoms with van der Waals surface area (Å²) in [6, 6.07) is 6.95. The van der Waals surface area contributed by atoms with Crippen LogP contribution in [0.25, 0.3) is 6.08 Å². The maximum atomic E-state index is 12.0. The molecule has 0 saturated heterocycles. The Labute approximate surface area is 132 Å². The molecular formula is C16H17NO4S. The van der Waals surface area contributed by atoms with Gasteiger partial charge in [-0.1, -0.05) is 6.07 Å². The second kappa shape index (κ2) is 7.61. The van der Waals surface area contributed by atoms with Crippen LogP contribution in [0, 0.1) is 6.92 Å². The molecule has 2 rings (SSSR count). The first-order valence-corrected chi connectivity index (χ1v) is 7.61. The van der Waals surface area contributed by atoms with Gasteiger partial charge in [-0.2, -0.15) is 0 Å². The highest BCUT2D eigenvalue weighted by Gasteiger charge is 2.18. The summed E-state index contributed by atoms with van der Waals surface area (Å²) in [4.78, 5) is 24.4. The van der Waals surface area contributed by atoms with Gasteiger partial charge in [-0.15, -0.1) is 11.3 Å². The number of amides is 1. The van der Waals surface area contributed by atoms with E-state index in [9.17, 15) is 9.59 Å². The van der Waals surface area contributed by atoms with Crippen molar-refractivity contribution < 1.29 is 18.7 Å². The first-order valence-electron chi connectivity index (χ1n) is 6.73. The van der Waals surface area contributed by atoms with E-state index in [1.807, 2.05) is 30.5 Å². The van der Waals surface area contributed by atoms with E-state index in [4.69, 9.17) is 4.42 Å². The molecule has 0 aromatic carbocycles. The third kappa shape index (κ3) is 4.60. The number of methoxy groups -OCH3 is 1. The number of furan rings is 1. The Hall–Kier alpha value is -2.34. The van der Waals surface area contributed by atoms with Gasteiger partial charge in [0.15, 0.2) is 0 Å². The summed E-state index contributed by atoms with van der Waals surface area (Å²) in [5.74, 6) is 0.719. The number of rotatable bonds is 6. The number of hydrogen-bond acceptors (Lipinski definition) is 5. The standard InChI is InChI=1S/C16H17NO4S/c1-11-5-6-12(21-11)7-8-15(18)17-13(10-16(19)20-2)14-4-3-9-22-14/h3-9,13H,10H2,1-2H3,(H,17,18)/b8-7+. The third-order valence-corrected chi connectivity index (χ3v) is 3.95. The van der Waals surface area contributed by atoms with Crippen molar-refractivity contribution in [3.8, 4) is 0 Å². The SMILES string of the molecule is COC(=O)CC(NC(=O)/C=C/c1ccc(C)o1)c1cccs1. The van der Waals surface area contributed by atoms with E-state index in [2.05, 4.69) is 10.1 Å². The maximum Gasteiger partial charge on any atom is 0.307 e. The second-order valence-electron chi connectivity index (χ2n) is 4.64. The van der Waals surface area contributed by atoms with Crippen LogP contribution in [-0.4, -0.2) is 19.0 Å². The van der Waals surface area contributed by atoms with Crippen LogP contribution in [0.4, 0.5) is 0 Å². The first kappa shape index (κ1) is 16.0. The average molecular weight is 319 g/mol. The van der Waals surface area contributed by atoms with Gasteiger partial charge in [0.25, 0.3) is 0 Å². The van der Waals surface area contributed by atoms with Gasteiger partial charge in [-0.25, -0.2) is 0 Å². The lowest BCUT2D eigenvalue weighted by Gasteiger charge is -2.15. The molecule has 5 nitrogen and oxygen atoms in total. The Kier molecular flexibility index (Phi) is 5.55. The number of carbonyl (C=O) groups is 2. The summed E-state index contributed by atoms with van der Waals surface area (Å²) in [7, 11) is 1.33. The Morgan fingerprint density at radius 2 is 2.23 bits per heavy atom. The van der Waals surface area contributed by atoms with Gasteiger partial charge in [0.2, 0.25) is 5.91 Å². The van der Waals surface area contributed by atoms with Gasteiger partial charge >= 0.3 is 5.97 Å². The first-order chi connectivity index (χ1) is 10.6. The quantitative estimate of drug-likeness (QED) is 0.656. The maximum absolute atomic E-state index is 12.0. The monoisotopic (exact) mass is 319 g/mol. The van der Waals surface area contributed by atoms with E-state index < -0.39 is 6.04 Å². The van der Waals surface area contributed by atoms with Crippen LogP contribution in [0.1, 0.15) is 28.9 Å². The van der Waals surface area contributed by atoms with Crippen LogP contribution in [0.3, 0.4) is 0 Å². The van der Waals surface area contributed by atoms with Crippen LogP contribution in [-0.2, 0) is 14.3 Å². The normalized spacial score (nSPS) is 12.3. The molecule has 1 N–H and O–H groups in total. The molecule has 0 aliphatic carbocycles. The number of nitrogens with one attached hydrogen (secondary N) is 1. The van der Waals surface area contributed by atoms with Crippen molar-refractivity contribution in [1.82, 2.24) is 5.32 Å². The molecule has 0 aliphatic rings. The number of aryl methyl sites for hydroxylation is 1. The fraction of sp³-hybridized carbons (Fsp3) is 0.250. The molecule has 2 aromatic heterocycles. The zero-order chi connectivity index (χ0) is 15.9. The van der Waals surface area contributed by atoms with Crippen LogP contribution in [0.2, 0.25) is 0 Å². The van der Waals surface area contributed by atoms with Crippen LogP contribution >= 0.6 is 11.3 Å². The fourth-order valence-electron chi connectivity index (χ4n) is 1.88. The minimum atomic E-state index is -0.400. The van der Waals surface area contributed by atoms with E-state index in [-0.39, 0.29) is 18.3 Å². The zero-order valence-electron chi connectivity index (χ0n) is 12.4. The van der Waals surface area contributed by atoms with Crippen molar-refractivity contribution >= 4 is 29.3 Å². The number of carbonyl (C=O) groups excluding carboxylic acids is 2. The molecule has 22 heavy (non-hydrogen) atoms. The lowest BCUT2D eigenvalue weighted by atomic mass is 10.1. The van der Waals surface area contributed by atoms with Crippen molar-refractivity contribution in [3.05, 3.63) is 52.1 Å². The van der Waals surface area contributed by atoms with Gasteiger partial charge in [-0.3, -0.25) is 9.59 Å². The van der Waals surface area contributed by atoms with Crippen LogP contribution < -0.4 is 5.32 Å². The van der Waals surface area contributed by atoms with Gasteiger partial charge in [0.05, 0.1) is 19.6 Å². The lowest BCUT2D eigenvalue weighted by molar-refractivity contribution is -0.141. The van der Waals surface area contributed by atoms with Crippen molar-refractivity contribution in [3.63, 3.8) is 0 Å². The van der Waals surface area contributed by atoms with Crippen molar-refractivity contribution in [2.75, 3.05) is 7.11 Å². The van der Waals surface area contributed by atoms with E-state index in [0.717, 1.165) is 10.6 Å². The smallest absolute Gasteiger partial charge is 0.307 e. The second-order valence-corrected chi connectivity index (χ2v) is 5.62. The molecule has 1 amide bonds. The topological polar surface area (TPSA) is 68.5 Å². The molecule has 0 fully saturated rings. The molecule has 0 radical (unpaired) electrons. The Bertz CT molecular complexity index is 658. The predicted octanol–water partition coefficient (Wildman–Crippen LogP) is 3.08. The molecule has 0 aliphatic heterocycles. The molecule has 6 heteroatoms. The molecular weight excluding hydrogens is 302 g/mol. The highest BCUT2D eigenvalue weighted by atomic mass is 32.1. The Morgan fingerprint density at radius 1 is 1.41 bits per heavy atom.